The van der Waals surface area contributed by atoms with Gasteiger partial charge in [-0.05, 0) is 26.3 Å². The Morgan fingerprint density at radius 1 is 1.13 bits per heavy atom. The molecule has 0 heterocycles. The summed E-state index contributed by atoms with van der Waals surface area (Å²) in [7, 11) is 0. The maximum atomic E-state index is 6.23. The molecule has 0 saturated heterocycles. The van der Waals surface area contributed by atoms with Crippen molar-refractivity contribution >= 4 is 11.6 Å². The molecule has 0 bridgehead atoms. The van der Waals surface area contributed by atoms with Crippen LogP contribution in [0, 0.1) is 0 Å². The van der Waals surface area contributed by atoms with E-state index >= 15 is 0 Å². The van der Waals surface area contributed by atoms with Gasteiger partial charge in [-0.2, -0.15) is 0 Å². The normalized spacial score (nSPS) is 16.1. The molecule has 0 saturated carbocycles. The van der Waals surface area contributed by atoms with Gasteiger partial charge in [0.05, 0.1) is 5.60 Å². The second-order valence-electron chi connectivity index (χ2n) is 4.78. The first kappa shape index (κ1) is 12.5. The van der Waals surface area contributed by atoms with Gasteiger partial charge in [0.15, 0.2) is 0 Å². The summed E-state index contributed by atoms with van der Waals surface area (Å²) in [4.78, 5) is 0. The Balaban J connectivity index is 2.65. The van der Waals surface area contributed by atoms with Crippen molar-refractivity contribution in [2.75, 3.05) is 0 Å². The van der Waals surface area contributed by atoms with E-state index in [1.165, 1.54) is 5.56 Å². The quantitative estimate of drug-likeness (QED) is 0.703. The van der Waals surface area contributed by atoms with Crippen molar-refractivity contribution in [3.8, 4) is 0 Å². The molecule has 1 aromatic rings. The highest BCUT2D eigenvalue weighted by Gasteiger charge is 2.22. The Kier molecular flexibility index (Phi) is 4.18. The fourth-order valence-electron chi connectivity index (χ4n) is 1.35. The van der Waals surface area contributed by atoms with Crippen LogP contribution in [0.5, 0.6) is 0 Å². The fraction of sp³-hybridized carbons (Fsp3) is 0.538. The van der Waals surface area contributed by atoms with Crippen LogP contribution in [0.3, 0.4) is 0 Å². The summed E-state index contributed by atoms with van der Waals surface area (Å²) in [6.45, 7) is 8.12. The van der Waals surface area contributed by atoms with E-state index in [1.54, 1.807) is 0 Å². The molecule has 2 unspecified atom stereocenters. The number of hydrogen-bond acceptors (Lipinski definition) is 1. The molecule has 0 fully saturated rings. The molecule has 0 aliphatic rings. The molecule has 1 nitrogen and oxygen atoms in total. The molecule has 2 heteroatoms. The van der Waals surface area contributed by atoms with E-state index in [2.05, 4.69) is 19.1 Å². The maximum absolute atomic E-state index is 6.23. The zero-order valence-electron chi connectivity index (χ0n) is 9.83. The van der Waals surface area contributed by atoms with Gasteiger partial charge in [-0.1, -0.05) is 48.9 Å². The minimum Gasteiger partial charge on any atom is -0.356 e. The zero-order valence-corrected chi connectivity index (χ0v) is 10.6. The van der Waals surface area contributed by atoms with Crippen molar-refractivity contribution < 1.29 is 4.74 Å². The predicted octanol–water partition coefficient (Wildman–Crippen LogP) is 4.17. The largest absolute Gasteiger partial charge is 0.356 e. The van der Waals surface area contributed by atoms with E-state index in [9.17, 15) is 0 Å². The molecule has 0 aliphatic carbocycles. The van der Waals surface area contributed by atoms with Crippen LogP contribution in [-0.2, 0) is 4.74 Å². The fourth-order valence-corrected chi connectivity index (χ4v) is 1.76. The first-order valence-electron chi connectivity index (χ1n) is 5.27. The Morgan fingerprint density at radius 3 is 2.13 bits per heavy atom. The highest BCUT2D eigenvalue weighted by Crippen LogP contribution is 2.27. The lowest BCUT2D eigenvalue weighted by Crippen LogP contribution is -2.27. The Hall–Kier alpha value is -0.530. The zero-order chi connectivity index (χ0) is 11.5. The van der Waals surface area contributed by atoms with Gasteiger partial charge >= 0.3 is 0 Å². The van der Waals surface area contributed by atoms with E-state index in [-0.39, 0.29) is 17.1 Å². The first-order valence-corrected chi connectivity index (χ1v) is 5.70. The summed E-state index contributed by atoms with van der Waals surface area (Å²) in [6, 6.07) is 10.2. The minimum absolute atomic E-state index is 0.199. The van der Waals surface area contributed by atoms with Crippen molar-refractivity contribution in [1.29, 1.82) is 0 Å². The van der Waals surface area contributed by atoms with Gasteiger partial charge in [0.2, 0.25) is 0 Å². The van der Waals surface area contributed by atoms with Crippen molar-refractivity contribution in [2.45, 2.75) is 44.8 Å². The number of alkyl halides is 1. The second-order valence-corrected chi connectivity index (χ2v) is 5.21. The average Bonchev–Trinajstić information content (AvgIpc) is 2.15. The lowest BCUT2D eigenvalue weighted by atomic mass is 10.0. The van der Waals surface area contributed by atoms with E-state index in [4.69, 9.17) is 16.3 Å². The molecule has 84 valence electrons. The molecule has 2 atom stereocenters. The van der Waals surface area contributed by atoms with Crippen LogP contribution in [0.4, 0.5) is 0 Å². The van der Waals surface area contributed by atoms with Gasteiger partial charge < -0.3 is 4.74 Å². The number of benzene rings is 1. The summed E-state index contributed by atoms with van der Waals surface area (Å²) in [5.74, 6) is 0.201. The average molecular weight is 227 g/mol. The van der Waals surface area contributed by atoms with Crippen molar-refractivity contribution in [3.63, 3.8) is 0 Å². The summed E-state index contributed by atoms with van der Waals surface area (Å²) in [5, 5.41) is 0. The molecule has 1 aromatic carbocycles. The summed E-state index contributed by atoms with van der Waals surface area (Å²) in [5.41, 5.74) is 0.726. The smallest absolute Gasteiger partial charge is 0.138 e. The number of hydrogen-bond donors (Lipinski definition) is 0. The topological polar surface area (TPSA) is 9.23 Å². The highest BCUT2D eigenvalue weighted by molar-refractivity contribution is 6.20. The van der Waals surface area contributed by atoms with Crippen LogP contribution >= 0.6 is 11.6 Å². The minimum atomic E-state index is -0.285. The Bertz CT molecular complexity index is 289. The number of ether oxygens (including phenoxy) is 1. The third kappa shape index (κ3) is 4.23. The molecule has 0 aromatic heterocycles. The molecule has 0 spiro atoms. The van der Waals surface area contributed by atoms with E-state index in [0.29, 0.717) is 0 Å². The number of halogens is 1. The van der Waals surface area contributed by atoms with Crippen LogP contribution in [0.15, 0.2) is 30.3 Å². The van der Waals surface area contributed by atoms with E-state index in [0.717, 1.165) is 0 Å². The predicted molar refractivity (Wildman–Crippen MR) is 65.3 cm³/mol. The second kappa shape index (κ2) is 5.00. The molecular weight excluding hydrogens is 208 g/mol. The monoisotopic (exact) mass is 226 g/mol. The third-order valence-electron chi connectivity index (χ3n) is 2.18. The van der Waals surface area contributed by atoms with Crippen molar-refractivity contribution in [2.24, 2.45) is 0 Å². The van der Waals surface area contributed by atoms with Crippen LogP contribution in [0.2, 0.25) is 0 Å². The summed E-state index contributed by atoms with van der Waals surface area (Å²) >= 11 is 6.23. The Labute approximate surface area is 97.4 Å². The van der Waals surface area contributed by atoms with Gasteiger partial charge in [0.25, 0.3) is 0 Å². The molecule has 0 amide bonds. The van der Waals surface area contributed by atoms with E-state index in [1.807, 2.05) is 39.0 Å². The van der Waals surface area contributed by atoms with Crippen LogP contribution in [0.25, 0.3) is 0 Å². The molecule has 1 rings (SSSR count). The highest BCUT2D eigenvalue weighted by atomic mass is 35.5. The first-order chi connectivity index (χ1) is 6.90. The lowest BCUT2D eigenvalue weighted by Gasteiger charge is -2.27. The maximum Gasteiger partial charge on any atom is 0.138 e. The molecule has 15 heavy (non-hydrogen) atoms. The third-order valence-corrected chi connectivity index (χ3v) is 2.65. The molecule has 0 N–H and O–H groups in total. The van der Waals surface area contributed by atoms with Gasteiger partial charge in [0.1, 0.15) is 5.56 Å². The van der Waals surface area contributed by atoms with Gasteiger partial charge in [-0.25, -0.2) is 0 Å². The molecule has 0 radical (unpaired) electrons. The molecule has 0 aliphatic heterocycles. The SMILES string of the molecule is CC(c1ccccc1)C(Cl)OC(C)(C)C. The Morgan fingerprint density at radius 2 is 1.67 bits per heavy atom. The van der Waals surface area contributed by atoms with Crippen LogP contribution in [0.1, 0.15) is 39.2 Å². The molecular formula is C13H19ClO. The van der Waals surface area contributed by atoms with Gasteiger partial charge in [-0.15, -0.1) is 0 Å². The van der Waals surface area contributed by atoms with Crippen molar-refractivity contribution in [3.05, 3.63) is 35.9 Å². The summed E-state index contributed by atoms with van der Waals surface area (Å²) < 4.78 is 5.72. The van der Waals surface area contributed by atoms with Crippen molar-refractivity contribution in [1.82, 2.24) is 0 Å². The van der Waals surface area contributed by atoms with Crippen LogP contribution < -0.4 is 0 Å². The standard InChI is InChI=1S/C13H19ClO/c1-10(11-8-6-5-7-9-11)12(14)15-13(2,3)4/h5-10,12H,1-4H3. The van der Waals surface area contributed by atoms with Crippen LogP contribution in [-0.4, -0.2) is 11.2 Å². The lowest BCUT2D eigenvalue weighted by molar-refractivity contribution is -0.0308. The van der Waals surface area contributed by atoms with E-state index < -0.39 is 0 Å². The van der Waals surface area contributed by atoms with Gasteiger partial charge in [0, 0.05) is 5.92 Å². The number of rotatable bonds is 3. The summed E-state index contributed by atoms with van der Waals surface area (Å²) in [6.07, 6.45) is 0. The van der Waals surface area contributed by atoms with Gasteiger partial charge in [-0.3, -0.25) is 0 Å².